The Bertz CT molecular complexity index is 269. The van der Waals surface area contributed by atoms with Crippen molar-refractivity contribution in [1.82, 2.24) is 10.2 Å². The Morgan fingerprint density at radius 2 is 2.11 bits per heavy atom. The number of likely N-dealkylation sites (N-methyl/N-ethyl adjacent to an activating group) is 1. The van der Waals surface area contributed by atoms with Crippen LogP contribution in [0.1, 0.15) is 13.8 Å². The van der Waals surface area contributed by atoms with Crippen molar-refractivity contribution >= 4 is 5.91 Å². The van der Waals surface area contributed by atoms with E-state index < -0.39 is 6.10 Å². The van der Waals surface area contributed by atoms with Crippen LogP contribution in [0.15, 0.2) is 0 Å². The molecule has 19 heavy (non-hydrogen) atoms. The van der Waals surface area contributed by atoms with E-state index in [2.05, 4.69) is 5.32 Å². The van der Waals surface area contributed by atoms with Crippen molar-refractivity contribution in [1.29, 1.82) is 0 Å². The lowest BCUT2D eigenvalue weighted by Gasteiger charge is -2.31. The summed E-state index contributed by atoms with van der Waals surface area (Å²) in [6.45, 7) is 6.91. The third-order valence-electron chi connectivity index (χ3n) is 2.98. The van der Waals surface area contributed by atoms with Crippen molar-refractivity contribution in [2.45, 2.75) is 26.1 Å². The van der Waals surface area contributed by atoms with E-state index in [-0.39, 0.29) is 24.5 Å². The number of rotatable bonds is 9. The third-order valence-corrected chi connectivity index (χ3v) is 2.98. The molecule has 0 aliphatic carbocycles. The van der Waals surface area contributed by atoms with Crippen LogP contribution in [0.5, 0.6) is 0 Å². The highest BCUT2D eigenvalue weighted by Crippen LogP contribution is 2.07. The maximum Gasteiger partial charge on any atom is 0.228 e. The summed E-state index contributed by atoms with van der Waals surface area (Å²) in [4.78, 5) is 13.4. The Morgan fingerprint density at radius 1 is 1.42 bits per heavy atom. The lowest BCUT2D eigenvalue weighted by molar-refractivity contribution is -0.137. The van der Waals surface area contributed by atoms with Crippen LogP contribution in [0, 0.1) is 5.92 Å². The normalized spacial score (nSPS) is 17.3. The molecule has 6 heteroatoms. The van der Waals surface area contributed by atoms with Gasteiger partial charge in [0.05, 0.1) is 37.9 Å². The molecular weight excluding hydrogens is 248 g/mol. The second-order valence-electron chi connectivity index (χ2n) is 5.22. The van der Waals surface area contributed by atoms with E-state index in [4.69, 9.17) is 9.47 Å². The molecule has 6 nitrogen and oxygen atoms in total. The minimum Gasteiger partial charge on any atom is -0.389 e. The largest absolute Gasteiger partial charge is 0.389 e. The van der Waals surface area contributed by atoms with E-state index in [1.165, 1.54) is 0 Å². The van der Waals surface area contributed by atoms with Gasteiger partial charge in [-0.25, -0.2) is 0 Å². The van der Waals surface area contributed by atoms with Crippen LogP contribution in [-0.2, 0) is 14.3 Å². The van der Waals surface area contributed by atoms with Crippen molar-refractivity contribution in [3.8, 4) is 0 Å². The van der Waals surface area contributed by atoms with E-state index in [1.54, 1.807) is 11.9 Å². The zero-order valence-corrected chi connectivity index (χ0v) is 12.1. The third kappa shape index (κ3) is 6.33. The summed E-state index contributed by atoms with van der Waals surface area (Å²) in [5.74, 6) is 0.151. The predicted octanol–water partition coefficient (Wildman–Crippen LogP) is -0.533. The quantitative estimate of drug-likeness (QED) is 0.553. The number of aliphatic hydroxyl groups is 1. The molecule has 1 rings (SSSR count). The van der Waals surface area contributed by atoms with Gasteiger partial charge < -0.3 is 24.8 Å². The van der Waals surface area contributed by atoms with Crippen LogP contribution >= 0.6 is 0 Å². The van der Waals surface area contributed by atoms with E-state index in [0.717, 1.165) is 13.1 Å². The molecule has 1 heterocycles. The summed E-state index contributed by atoms with van der Waals surface area (Å²) in [6.07, 6.45) is -0.464. The van der Waals surface area contributed by atoms with E-state index in [1.807, 2.05) is 13.8 Å². The van der Waals surface area contributed by atoms with Crippen LogP contribution in [0.25, 0.3) is 0 Å². The summed E-state index contributed by atoms with van der Waals surface area (Å²) in [7, 11) is 1.71. The number of hydrogen-bond donors (Lipinski definition) is 2. The molecule has 0 aromatic rings. The molecule has 1 saturated heterocycles. The van der Waals surface area contributed by atoms with Crippen molar-refractivity contribution in [2.24, 2.45) is 5.92 Å². The molecule has 1 fully saturated rings. The van der Waals surface area contributed by atoms with Crippen LogP contribution in [-0.4, -0.2) is 74.6 Å². The number of nitrogens with zero attached hydrogens (tertiary/aromatic N) is 1. The maximum atomic E-state index is 11.8. The standard InChI is InChI=1S/C13H26N2O4/c1-10(2)19-5-4-18-9-12(16)8-15(3)13(17)11-6-14-7-11/h10-12,14,16H,4-9H2,1-3H3. The van der Waals surface area contributed by atoms with Crippen LogP contribution < -0.4 is 5.32 Å². The highest BCUT2D eigenvalue weighted by Gasteiger charge is 2.28. The number of ether oxygens (including phenoxy) is 2. The Hall–Kier alpha value is -0.690. The summed E-state index contributed by atoms with van der Waals surface area (Å²) < 4.78 is 10.6. The average Bonchev–Trinajstić information content (AvgIpc) is 2.25. The Balaban J connectivity index is 2.05. The summed E-state index contributed by atoms with van der Waals surface area (Å²) in [5.41, 5.74) is 0. The number of carbonyl (C=O) groups is 1. The van der Waals surface area contributed by atoms with Crippen molar-refractivity contribution in [3.63, 3.8) is 0 Å². The molecule has 1 atom stereocenters. The van der Waals surface area contributed by atoms with Crippen LogP contribution in [0.3, 0.4) is 0 Å². The molecule has 0 radical (unpaired) electrons. The van der Waals surface area contributed by atoms with Gasteiger partial charge in [0.2, 0.25) is 5.91 Å². The van der Waals surface area contributed by atoms with Gasteiger partial charge in [0, 0.05) is 26.7 Å². The highest BCUT2D eigenvalue weighted by atomic mass is 16.5. The Morgan fingerprint density at radius 3 is 2.63 bits per heavy atom. The van der Waals surface area contributed by atoms with Crippen molar-refractivity contribution < 1.29 is 19.4 Å². The number of hydrogen-bond acceptors (Lipinski definition) is 5. The fraction of sp³-hybridized carbons (Fsp3) is 0.923. The minimum atomic E-state index is -0.652. The molecular formula is C13H26N2O4. The Kier molecular flexibility index (Phi) is 7.30. The average molecular weight is 274 g/mol. The molecule has 0 aromatic heterocycles. The monoisotopic (exact) mass is 274 g/mol. The molecule has 112 valence electrons. The van der Waals surface area contributed by atoms with Gasteiger partial charge in [-0.3, -0.25) is 4.79 Å². The molecule has 0 bridgehead atoms. The fourth-order valence-electron chi connectivity index (χ4n) is 1.80. The molecule has 1 aliphatic rings. The van der Waals surface area contributed by atoms with Gasteiger partial charge >= 0.3 is 0 Å². The zero-order valence-electron chi connectivity index (χ0n) is 12.1. The van der Waals surface area contributed by atoms with Gasteiger partial charge in [-0.1, -0.05) is 0 Å². The summed E-state index contributed by atoms with van der Waals surface area (Å²) in [6, 6.07) is 0. The first-order valence-electron chi connectivity index (χ1n) is 6.83. The summed E-state index contributed by atoms with van der Waals surface area (Å²) in [5, 5.41) is 12.8. The van der Waals surface area contributed by atoms with E-state index in [9.17, 15) is 9.90 Å². The lowest BCUT2D eigenvalue weighted by atomic mass is 10.0. The highest BCUT2D eigenvalue weighted by molar-refractivity contribution is 5.79. The second kappa shape index (κ2) is 8.47. The van der Waals surface area contributed by atoms with Gasteiger partial charge in [0.1, 0.15) is 0 Å². The number of nitrogens with one attached hydrogen (secondary N) is 1. The molecule has 1 unspecified atom stereocenters. The summed E-state index contributed by atoms with van der Waals surface area (Å²) >= 11 is 0. The molecule has 1 amide bonds. The van der Waals surface area contributed by atoms with Gasteiger partial charge in [0.15, 0.2) is 0 Å². The zero-order chi connectivity index (χ0) is 14.3. The lowest BCUT2D eigenvalue weighted by Crippen LogP contribution is -2.52. The van der Waals surface area contributed by atoms with E-state index in [0.29, 0.717) is 19.8 Å². The van der Waals surface area contributed by atoms with Crippen LogP contribution in [0.2, 0.25) is 0 Å². The number of aliphatic hydroxyl groups excluding tert-OH is 1. The molecule has 1 aliphatic heterocycles. The maximum absolute atomic E-state index is 11.8. The predicted molar refractivity (Wildman–Crippen MR) is 71.9 cm³/mol. The molecule has 2 N–H and O–H groups in total. The molecule has 0 spiro atoms. The van der Waals surface area contributed by atoms with E-state index >= 15 is 0 Å². The van der Waals surface area contributed by atoms with Gasteiger partial charge in [-0.2, -0.15) is 0 Å². The van der Waals surface area contributed by atoms with Crippen molar-refractivity contribution in [2.75, 3.05) is 46.5 Å². The second-order valence-corrected chi connectivity index (χ2v) is 5.22. The van der Waals surface area contributed by atoms with Crippen molar-refractivity contribution in [3.05, 3.63) is 0 Å². The fourth-order valence-corrected chi connectivity index (χ4v) is 1.80. The van der Waals surface area contributed by atoms with Crippen LogP contribution in [0.4, 0.5) is 0 Å². The SMILES string of the molecule is CC(C)OCCOCC(O)CN(C)C(=O)C1CNC1. The van der Waals surface area contributed by atoms with Gasteiger partial charge in [0.25, 0.3) is 0 Å². The smallest absolute Gasteiger partial charge is 0.228 e. The topological polar surface area (TPSA) is 71.0 Å². The van der Waals surface area contributed by atoms with Gasteiger partial charge in [-0.05, 0) is 13.8 Å². The number of carbonyl (C=O) groups excluding carboxylic acids is 1. The number of amides is 1. The molecule has 0 aromatic carbocycles. The minimum absolute atomic E-state index is 0.0672. The Labute approximate surface area is 115 Å². The first-order chi connectivity index (χ1) is 9.00. The first kappa shape index (κ1) is 16.4. The first-order valence-corrected chi connectivity index (χ1v) is 6.83. The van der Waals surface area contributed by atoms with Gasteiger partial charge in [-0.15, -0.1) is 0 Å². The molecule has 0 saturated carbocycles.